The first-order valence-electron chi connectivity index (χ1n) is 6.03. The van der Waals surface area contributed by atoms with Crippen LogP contribution in [0.25, 0.3) is 0 Å². The van der Waals surface area contributed by atoms with Crippen LogP contribution in [0.15, 0.2) is 24.3 Å². The number of benzene rings is 1. The van der Waals surface area contributed by atoms with Gasteiger partial charge in [-0.15, -0.1) is 0 Å². The van der Waals surface area contributed by atoms with Crippen LogP contribution < -0.4 is 10.1 Å². The van der Waals surface area contributed by atoms with Crippen molar-refractivity contribution in [2.75, 3.05) is 18.1 Å². The second-order valence-electron chi connectivity index (χ2n) is 4.46. The fourth-order valence-electron chi connectivity index (χ4n) is 1.89. The third-order valence-electron chi connectivity index (χ3n) is 3.01. The summed E-state index contributed by atoms with van der Waals surface area (Å²) in [5, 5.41) is 12.2. The van der Waals surface area contributed by atoms with E-state index < -0.39 is 17.4 Å². The Balaban J connectivity index is 1.92. The van der Waals surface area contributed by atoms with Gasteiger partial charge in [-0.05, 0) is 24.3 Å². The Morgan fingerprint density at radius 2 is 2.20 bits per heavy atom. The van der Waals surface area contributed by atoms with Gasteiger partial charge in [0.15, 0.2) is 6.61 Å². The van der Waals surface area contributed by atoms with Gasteiger partial charge in [-0.1, -0.05) is 23.7 Å². The number of hydrogen-bond acceptors (Lipinski definition) is 4. The van der Waals surface area contributed by atoms with Crippen LogP contribution in [0.2, 0.25) is 5.02 Å². The topological polar surface area (TPSA) is 75.6 Å². The Hall–Kier alpha value is -1.40. The molecule has 1 amide bonds. The minimum absolute atomic E-state index is 0.260. The van der Waals surface area contributed by atoms with Crippen molar-refractivity contribution in [2.24, 2.45) is 0 Å². The van der Waals surface area contributed by atoms with Gasteiger partial charge in [0.1, 0.15) is 11.3 Å². The predicted octanol–water partition coefficient (Wildman–Crippen LogP) is 1.80. The van der Waals surface area contributed by atoms with Crippen LogP contribution in [0.3, 0.4) is 0 Å². The lowest BCUT2D eigenvalue weighted by molar-refractivity contribution is -0.146. The van der Waals surface area contributed by atoms with Gasteiger partial charge in [0, 0.05) is 5.75 Å². The number of ether oxygens (including phenoxy) is 1. The second kappa shape index (κ2) is 6.37. The van der Waals surface area contributed by atoms with Gasteiger partial charge in [-0.3, -0.25) is 4.79 Å². The number of carbonyl (C=O) groups is 2. The summed E-state index contributed by atoms with van der Waals surface area (Å²) in [5.41, 5.74) is -1.18. The number of halogens is 1. The van der Waals surface area contributed by atoms with E-state index in [1.807, 2.05) is 0 Å². The largest absolute Gasteiger partial charge is 0.482 e. The summed E-state index contributed by atoms with van der Waals surface area (Å²) in [4.78, 5) is 23.1. The highest BCUT2D eigenvalue weighted by molar-refractivity contribution is 7.99. The Morgan fingerprint density at radius 3 is 2.80 bits per heavy atom. The number of aliphatic carboxylic acids is 1. The minimum Gasteiger partial charge on any atom is -0.482 e. The van der Waals surface area contributed by atoms with Gasteiger partial charge >= 0.3 is 5.97 Å². The smallest absolute Gasteiger partial charge is 0.330 e. The maximum Gasteiger partial charge on any atom is 0.330 e. The van der Waals surface area contributed by atoms with Gasteiger partial charge in [0.25, 0.3) is 5.91 Å². The molecule has 1 fully saturated rings. The minimum atomic E-state index is -1.18. The molecule has 0 aromatic heterocycles. The molecule has 1 atom stereocenters. The third-order valence-corrected chi connectivity index (χ3v) is 4.51. The van der Waals surface area contributed by atoms with Crippen molar-refractivity contribution in [1.82, 2.24) is 5.32 Å². The molecule has 0 spiro atoms. The molecule has 1 aromatic rings. The molecule has 0 aliphatic carbocycles. The first-order valence-corrected chi connectivity index (χ1v) is 7.56. The Labute approximate surface area is 125 Å². The highest BCUT2D eigenvalue weighted by atomic mass is 35.5. The molecular formula is C13H14ClNO4S. The standard InChI is InChI=1S/C13H14ClNO4S/c14-9-3-1-2-4-10(9)19-7-11(16)15-13(12(17)18)5-6-20-8-13/h1-4H,5-8H2,(H,15,16)(H,17,18)/t13-/m1/s1. The number of thioether (sulfide) groups is 1. The summed E-state index contributed by atoms with van der Waals surface area (Å²) >= 11 is 7.41. The SMILES string of the molecule is O=C(COc1ccccc1Cl)N[C@]1(C(=O)O)CCSC1. The van der Waals surface area contributed by atoms with Gasteiger partial charge in [0.2, 0.25) is 0 Å². The molecule has 2 rings (SSSR count). The molecular weight excluding hydrogens is 302 g/mol. The average Bonchev–Trinajstić information content (AvgIpc) is 2.88. The van der Waals surface area contributed by atoms with Crippen LogP contribution in [0.4, 0.5) is 0 Å². The molecule has 1 aromatic carbocycles. The zero-order valence-corrected chi connectivity index (χ0v) is 12.2. The summed E-state index contributed by atoms with van der Waals surface area (Å²) in [5.74, 6) is 0.0240. The monoisotopic (exact) mass is 315 g/mol. The highest BCUT2D eigenvalue weighted by Gasteiger charge is 2.43. The third kappa shape index (κ3) is 3.37. The van der Waals surface area contributed by atoms with Crippen molar-refractivity contribution in [2.45, 2.75) is 12.0 Å². The van der Waals surface area contributed by atoms with Crippen molar-refractivity contribution >= 4 is 35.2 Å². The molecule has 2 N–H and O–H groups in total. The van der Waals surface area contributed by atoms with Crippen LogP contribution in [0.1, 0.15) is 6.42 Å². The molecule has 0 saturated carbocycles. The molecule has 0 radical (unpaired) electrons. The summed E-state index contributed by atoms with van der Waals surface area (Å²) in [6.45, 7) is -0.260. The van der Waals surface area contributed by atoms with Crippen molar-refractivity contribution in [3.8, 4) is 5.75 Å². The van der Waals surface area contributed by atoms with E-state index in [1.165, 1.54) is 11.8 Å². The fraction of sp³-hybridized carbons (Fsp3) is 0.385. The normalized spacial score (nSPS) is 21.4. The lowest BCUT2D eigenvalue weighted by Crippen LogP contribution is -2.55. The first-order chi connectivity index (χ1) is 9.53. The average molecular weight is 316 g/mol. The summed E-state index contributed by atoms with van der Waals surface area (Å²) < 4.78 is 5.29. The number of carbonyl (C=O) groups excluding carboxylic acids is 1. The van der Waals surface area contributed by atoms with Gasteiger partial charge in [-0.2, -0.15) is 11.8 Å². The molecule has 1 heterocycles. The molecule has 1 aliphatic heterocycles. The number of para-hydroxylation sites is 1. The van der Waals surface area contributed by atoms with Gasteiger partial charge < -0.3 is 15.2 Å². The molecule has 0 unspecified atom stereocenters. The van der Waals surface area contributed by atoms with Crippen LogP contribution in [-0.2, 0) is 9.59 Å². The highest BCUT2D eigenvalue weighted by Crippen LogP contribution is 2.28. The molecule has 1 aliphatic rings. The zero-order chi connectivity index (χ0) is 14.6. The molecule has 7 heteroatoms. The molecule has 1 saturated heterocycles. The van der Waals surface area contributed by atoms with E-state index in [0.29, 0.717) is 22.9 Å². The first kappa shape index (κ1) is 15.0. The molecule has 0 bridgehead atoms. The van der Waals surface area contributed by atoms with Gasteiger partial charge in [0.05, 0.1) is 5.02 Å². The number of nitrogens with one attached hydrogen (secondary N) is 1. The molecule has 5 nitrogen and oxygen atoms in total. The van der Waals surface area contributed by atoms with Crippen molar-refractivity contribution in [1.29, 1.82) is 0 Å². The van der Waals surface area contributed by atoms with E-state index in [1.54, 1.807) is 24.3 Å². The number of rotatable bonds is 5. The van der Waals surface area contributed by atoms with Crippen molar-refractivity contribution < 1.29 is 19.4 Å². The lowest BCUT2D eigenvalue weighted by atomic mass is 9.99. The van der Waals surface area contributed by atoms with Crippen LogP contribution in [0.5, 0.6) is 5.75 Å². The van der Waals surface area contributed by atoms with Crippen molar-refractivity contribution in [3.63, 3.8) is 0 Å². The summed E-state index contributed by atoms with van der Waals surface area (Å²) in [6.07, 6.45) is 0.421. The molecule has 20 heavy (non-hydrogen) atoms. The van der Waals surface area contributed by atoms with Crippen molar-refractivity contribution in [3.05, 3.63) is 29.3 Å². The molecule has 108 valence electrons. The fourth-order valence-corrected chi connectivity index (χ4v) is 3.41. The van der Waals surface area contributed by atoms with E-state index in [4.69, 9.17) is 16.3 Å². The van der Waals surface area contributed by atoms with Crippen LogP contribution in [0, 0.1) is 0 Å². The summed E-state index contributed by atoms with van der Waals surface area (Å²) in [6, 6.07) is 6.80. The summed E-state index contributed by atoms with van der Waals surface area (Å²) in [7, 11) is 0. The van der Waals surface area contributed by atoms with Gasteiger partial charge in [-0.25, -0.2) is 4.79 Å². The predicted molar refractivity (Wildman–Crippen MR) is 77.4 cm³/mol. The number of carboxylic acid groups (broad SMARTS) is 1. The maximum atomic E-state index is 11.8. The van der Waals surface area contributed by atoms with E-state index in [2.05, 4.69) is 5.32 Å². The number of hydrogen-bond donors (Lipinski definition) is 2. The Morgan fingerprint density at radius 1 is 1.45 bits per heavy atom. The van der Waals surface area contributed by atoms with E-state index in [0.717, 1.165) is 5.75 Å². The lowest BCUT2D eigenvalue weighted by Gasteiger charge is -2.24. The Bertz CT molecular complexity index is 517. The van der Waals surface area contributed by atoms with E-state index >= 15 is 0 Å². The Kier molecular flexibility index (Phi) is 4.77. The maximum absolute atomic E-state index is 11.8. The van der Waals surface area contributed by atoms with E-state index in [9.17, 15) is 14.7 Å². The van der Waals surface area contributed by atoms with Crippen LogP contribution >= 0.6 is 23.4 Å². The van der Waals surface area contributed by atoms with Crippen LogP contribution in [-0.4, -0.2) is 40.6 Å². The quantitative estimate of drug-likeness (QED) is 0.866. The van der Waals surface area contributed by atoms with E-state index in [-0.39, 0.29) is 6.61 Å². The number of carboxylic acids is 1. The second-order valence-corrected chi connectivity index (χ2v) is 5.97. The zero-order valence-electron chi connectivity index (χ0n) is 10.6. The number of amides is 1.